The molecule has 1 aromatic rings. The van der Waals surface area contributed by atoms with Crippen LogP contribution in [0.4, 0.5) is 0 Å². The van der Waals surface area contributed by atoms with E-state index in [1.54, 1.807) is 18.9 Å². The number of nitrogens with zero attached hydrogens (tertiary/aromatic N) is 2. The summed E-state index contributed by atoms with van der Waals surface area (Å²) in [6, 6.07) is 2.90. The molecule has 20 heavy (non-hydrogen) atoms. The van der Waals surface area contributed by atoms with Crippen molar-refractivity contribution in [1.29, 1.82) is 0 Å². The number of aromatic carboxylic acids is 1. The minimum atomic E-state index is -1.04. The normalized spacial score (nSPS) is 21.8. The fraction of sp³-hybridized carbons (Fsp3) is 0.500. The van der Waals surface area contributed by atoms with E-state index < -0.39 is 5.97 Å². The Labute approximate surface area is 117 Å². The van der Waals surface area contributed by atoms with Gasteiger partial charge < -0.3 is 14.7 Å². The molecule has 1 amide bonds. The van der Waals surface area contributed by atoms with E-state index >= 15 is 0 Å². The lowest BCUT2D eigenvalue weighted by atomic mass is 10.1. The average molecular weight is 278 g/mol. The number of ether oxygens (including phenoxy) is 1. The second-order valence-electron chi connectivity index (χ2n) is 4.98. The maximum atomic E-state index is 12.4. The predicted molar refractivity (Wildman–Crippen MR) is 71.8 cm³/mol. The molecule has 0 aliphatic carbocycles. The highest BCUT2D eigenvalue weighted by molar-refractivity contribution is 5.94. The number of rotatable bonds is 3. The molecule has 1 aliphatic rings. The van der Waals surface area contributed by atoms with Crippen LogP contribution in [0.2, 0.25) is 0 Å². The van der Waals surface area contributed by atoms with Crippen LogP contribution in [0, 0.1) is 6.92 Å². The molecule has 2 unspecified atom stereocenters. The van der Waals surface area contributed by atoms with Crippen molar-refractivity contribution in [2.24, 2.45) is 0 Å². The summed E-state index contributed by atoms with van der Waals surface area (Å²) in [5, 5.41) is 8.96. The van der Waals surface area contributed by atoms with Gasteiger partial charge in [-0.2, -0.15) is 0 Å². The number of carbonyl (C=O) groups excluding carboxylic acids is 1. The molecule has 0 radical (unpaired) electrons. The number of amides is 1. The smallest absolute Gasteiger partial charge is 0.337 e. The summed E-state index contributed by atoms with van der Waals surface area (Å²) >= 11 is 0. The first kappa shape index (κ1) is 14.5. The lowest BCUT2D eigenvalue weighted by molar-refractivity contribution is 0.0568. The number of hydrogen-bond donors (Lipinski definition) is 1. The molecule has 0 bridgehead atoms. The minimum absolute atomic E-state index is 0.00309. The first-order valence-corrected chi connectivity index (χ1v) is 6.51. The number of aryl methyl sites for hydroxylation is 1. The van der Waals surface area contributed by atoms with Crippen molar-refractivity contribution in [3.05, 3.63) is 29.1 Å². The molecule has 2 atom stereocenters. The van der Waals surface area contributed by atoms with Crippen LogP contribution >= 0.6 is 0 Å². The van der Waals surface area contributed by atoms with Gasteiger partial charge in [-0.3, -0.25) is 4.79 Å². The Balaban J connectivity index is 2.21. The van der Waals surface area contributed by atoms with Crippen LogP contribution in [0.1, 0.15) is 39.9 Å². The molecule has 1 aromatic heterocycles. The number of carboxylic acid groups (broad SMARTS) is 1. The highest BCUT2D eigenvalue weighted by Crippen LogP contribution is 2.20. The van der Waals surface area contributed by atoms with E-state index in [-0.39, 0.29) is 29.3 Å². The van der Waals surface area contributed by atoms with Gasteiger partial charge >= 0.3 is 5.97 Å². The Bertz CT molecular complexity index is 544. The molecule has 2 heterocycles. The highest BCUT2D eigenvalue weighted by atomic mass is 16.5. The maximum Gasteiger partial charge on any atom is 0.337 e. The molecule has 0 saturated carbocycles. The van der Waals surface area contributed by atoms with E-state index in [1.165, 1.54) is 12.1 Å². The van der Waals surface area contributed by atoms with Gasteiger partial charge in [0.05, 0.1) is 23.4 Å². The molecule has 6 heteroatoms. The molecule has 6 nitrogen and oxygen atoms in total. The van der Waals surface area contributed by atoms with Crippen LogP contribution in [0.3, 0.4) is 0 Å². The van der Waals surface area contributed by atoms with Gasteiger partial charge in [0, 0.05) is 13.7 Å². The monoisotopic (exact) mass is 278 g/mol. The van der Waals surface area contributed by atoms with Crippen molar-refractivity contribution >= 4 is 11.9 Å². The van der Waals surface area contributed by atoms with Crippen molar-refractivity contribution in [3.8, 4) is 0 Å². The molecule has 0 aromatic carbocycles. The second-order valence-corrected chi connectivity index (χ2v) is 4.98. The third-order valence-electron chi connectivity index (χ3n) is 3.69. The quantitative estimate of drug-likeness (QED) is 0.902. The van der Waals surface area contributed by atoms with Gasteiger partial charge in [-0.05, 0) is 32.4 Å². The van der Waals surface area contributed by atoms with Gasteiger partial charge in [0.1, 0.15) is 5.69 Å². The van der Waals surface area contributed by atoms with E-state index in [9.17, 15) is 9.59 Å². The lowest BCUT2D eigenvalue weighted by Crippen LogP contribution is -2.41. The minimum Gasteiger partial charge on any atom is -0.478 e. The fourth-order valence-electron chi connectivity index (χ4n) is 2.47. The molecular formula is C14H18N2O4. The molecule has 108 valence electrons. The number of hydrogen-bond acceptors (Lipinski definition) is 4. The molecule has 1 fully saturated rings. The summed E-state index contributed by atoms with van der Waals surface area (Å²) in [6.07, 6.45) is 0.804. The number of carbonyl (C=O) groups is 2. The first-order chi connectivity index (χ1) is 9.41. The van der Waals surface area contributed by atoms with E-state index in [1.807, 2.05) is 6.92 Å². The second kappa shape index (κ2) is 5.58. The number of aromatic nitrogens is 1. The van der Waals surface area contributed by atoms with E-state index in [4.69, 9.17) is 9.84 Å². The molecular weight excluding hydrogens is 260 g/mol. The van der Waals surface area contributed by atoms with E-state index in [2.05, 4.69) is 4.98 Å². The zero-order valence-corrected chi connectivity index (χ0v) is 11.8. The summed E-state index contributed by atoms with van der Waals surface area (Å²) in [4.78, 5) is 29.0. The number of carboxylic acids is 1. The lowest BCUT2D eigenvalue weighted by Gasteiger charge is -2.26. The van der Waals surface area contributed by atoms with Crippen LogP contribution < -0.4 is 0 Å². The van der Waals surface area contributed by atoms with Crippen molar-refractivity contribution < 1.29 is 19.4 Å². The van der Waals surface area contributed by atoms with E-state index in [0.717, 1.165) is 6.42 Å². The van der Waals surface area contributed by atoms with Gasteiger partial charge in [-0.1, -0.05) is 0 Å². The fourth-order valence-corrected chi connectivity index (χ4v) is 2.47. The molecule has 1 saturated heterocycles. The molecule has 2 rings (SSSR count). The Morgan fingerprint density at radius 2 is 2.15 bits per heavy atom. The van der Waals surface area contributed by atoms with Crippen molar-refractivity contribution in [3.63, 3.8) is 0 Å². The van der Waals surface area contributed by atoms with Crippen LogP contribution in [-0.4, -0.2) is 52.7 Å². The summed E-state index contributed by atoms with van der Waals surface area (Å²) < 4.78 is 5.45. The van der Waals surface area contributed by atoms with Gasteiger partial charge in [-0.15, -0.1) is 0 Å². The molecule has 0 spiro atoms. The van der Waals surface area contributed by atoms with Gasteiger partial charge in [0.15, 0.2) is 0 Å². The summed E-state index contributed by atoms with van der Waals surface area (Å²) in [7, 11) is 1.72. The van der Waals surface area contributed by atoms with Crippen LogP contribution in [-0.2, 0) is 4.74 Å². The van der Waals surface area contributed by atoms with Crippen molar-refractivity contribution in [2.45, 2.75) is 32.4 Å². The maximum absolute atomic E-state index is 12.4. The van der Waals surface area contributed by atoms with Crippen molar-refractivity contribution in [2.75, 3.05) is 13.7 Å². The summed E-state index contributed by atoms with van der Waals surface area (Å²) in [6.45, 7) is 4.17. The topological polar surface area (TPSA) is 79.7 Å². The Morgan fingerprint density at radius 1 is 1.45 bits per heavy atom. The Hall–Kier alpha value is -1.95. The van der Waals surface area contributed by atoms with Crippen molar-refractivity contribution in [1.82, 2.24) is 9.88 Å². The van der Waals surface area contributed by atoms with E-state index in [0.29, 0.717) is 12.3 Å². The average Bonchev–Trinajstić information content (AvgIpc) is 2.82. The van der Waals surface area contributed by atoms with Crippen LogP contribution in [0.5, 0.6) is 0 Å². The zero-order chi connectivity index (χ0) is 14.9. The Morgan fingerprint density at radius 3 is 2.65 bits per heavy atom. The first-order valence-electron chi connectivity index (χ1n) is 6.51. The third kappa shape index (κ3) is 2.65. The molecule has 1 aliphatic heterocycles. The zero-order valence-electron chi connectivity index (χ0n) is 11.8. The Kier molecular flexibility index (Phi) is 4.04. The SMILES string of the molecule is Cc1nc(C(=O)N(C)C2CCOC2C)ccc1C(=O)O. The third-order valence-corrected chi connectivity index (χ3v) is 3.69. The van der Waals surface area contributed by atoms with Gasteiger partial charge in [-0.25, -0.2) is 9.78 Å². The van der Waals surface area contributed by atoms with Crippen LogP contribution in [0.25, 0.3) is 0 Å². The highest BCUT2D eigenvalue weighted by Gasteiger charge is 2.31. The predicted octanol–water partition coefficient (Wildman–Crippen LogP) is 1.34. The standard InChI is InChI=1S/C14H18N2O4/c1-8-10(14(18)19)4-5-11(15-8)13(17)16(3)12-6-7-20-9(12)2/h4-5,9,12H,6-7H2,1-3H3,(H,18,19). The largest absolute Gasteiger partial charge is 0.478 e. The van der Waals surface area contributed by atoms with Gasteiger partial charge in [0.2, 0.25) is 0 Å². The summed E-state index contributed by atoms with van der Waals surface area (Å²) in [5.41, 5.74) is 0.711. The number of pyridine rings is 1. The summed E-state index contributed by atoms with van der Waals surface area (Å²) in [5.74, 6) is -1.26. The van der Waals surface area contributed by atoms with Gasteiger partial charge in [0.25, 0.3) is 5.91 Å². The van der Waals surface area contributed by atoms with Crippen LogP contribution in [0.15, 0.2) is 12.1 Å². The number of likely N-dealkylation sites (N-methyl/N-ethyl adjacent to an activating group) is 1. The molecule has 1 N–H and O–H groups in total.